The van der Waals surface area contributed by atoms with Crippen LogP contribution in [-0.2, 0) is 0 Å². The summed E-state index contributed by atoms with van der Waals surface area (Å²) >= 11 is 1.68. The topological polar surface area (TPSA) is 29.0 Å². The van der Waals surface area contributed by atoms with Gasteiger partial charge in [-0.1, -0.05) is 49.2 Å². The van der Waals surface area contributed by atoms with Crippen molar-refractivity contribution in [2.75, 3.05) is 18.0 Å². The van der Waals surface area contributed by atoms with Crippen LogP contribution < -0.4 is 4.90 Å². The molecule has 1 saturated heterocycles. The van der Waals surface area contributed by atoms with Crippen molar-refractivity contribution in [3.63, 3.8) is 0 Å². The van der Waals surface area contributed by atoms with Gasteiger partial charge in [-0.2, -0.15) is 0 Å². The lowest BCUT2D eigenvalue weighted by molar-refractivity contribution is 0.161. The van der Waals surface area contributed by atoms with E-state index in [-0.39, 0.29) is 0 Å². The number of nitrogens with zero attached hydrogens (tertiary/aromatic N) is 3. The zero-order valence-electron chi connectivity index (χ0n) is 15.2. The van der Waals surface area contributed by atoms with E-state index in [0.717, 1.165) is 29.9 Å². The summed E-state index contributed by atoms with van der Waals surface area (Å²) in [5, 5.41) is 0.965. The number of hydrogen-bond donors (Lipinski definition) is 0. The molecule has 0 N–H and O–H groups in total. The molecule has 1 saturated carbocycles. The van der Waals surface area contributed by atoms with Crippen molar-refractivity contribution in [2.45, 2.75) is 55.9 Å². The lowest BCUT2D eigenvalue weighted by atomic mass is 9.71. The predicted octanol–water partition coefficient (Wildman–Crippen LogP) is 5.34. The molecule has 1 aromatic heterocycles. The quantitative estimate of drug-likeness (QED) is 0.744. The first-order chi connectivity index (χ1) is 12.1. The van der Waals surface area contributed by atoms with Crippen molar-refractivity contribution in [1.29, 1.82) is 0 Å². The molecule has 0 amide bonds. The highest BCUT2D eigenvalue weighted by Crippen LogP contribution is 2.50. The summed E-state index contributed by atoms with van der Waals surface area (Å²) < 4.78 is 0. The first-order valence-electron chi connectivity index (χ1n) is 9.46. The van der Waals surface area contributed by atoms with Crippen LogP contribution in [0.4, 0.5) is 5.82 Å². The fourth-order valence-electron chi connectivity index (χ4n) is 4.56. The van der Waals surface area contributed by atoms with Gasteiger partial charge in [0.1, 0.15) is 10.8 Å². The predicted molar refractivity (Wildman–Crippen MR) is 104 cm³/mol. The molecule has 2 fully saturated rings. The number of rotatable bonds is 3. The van der Waals surface area contributed by atoms with Crippen molar-refractivity contribution in [1.82, 2.24) is 9.97 Å². The summed E-state index contributed by atoms with van der Waals surface area (Å²) in [7, 11) is 0. The summed E-state index contributed by atoms with van der Waals surface area (Å²) in [6, 6.07) is 8.52. The molecule has 0 unspecified atom stereocenters. The molecular weight excluding hydrogens is 326 g/mol. The molecule has 2 aromatic rings. The van der Waals surface area contributed by atoms with Crippen molar-refractivity contribution >= 4 is 17.6 Å². The molecule has 1 aliphatic carbocycles. The highest BCUT2D eigenvalue weighted by Gasteiger charge is 2.42. The van der Waals surface area contributed by atoms with Crippen LogP contribution in [0.25, 0.3) is 0 Å². The third-order valence-corrected chi connectivity index (χ3v) is 7.18. The van der Waals surface area contributed by atoms with Crippen LogP contribution in [0.15, 0.2) is 46.6 Å². The normalized spacial score (nSPS) is 22.5. The van der Waals surface area contributed by atoms with Crippen LogP contribution in [0.3, 0.4) is 0 Å². The Labute approximate surface area is 155 Å². The molecule has 132 valence electrons. The summed E-state index contributed by atoms with van der Waals surface area (Å²) in [6.45, 7) is 6.83. The Hall–Kier alpha value is -1.55. The largest absolute Gasteiger partial charge is 0.355 e. The van der Waals surface area contributed by atoms with Crippen LogP contribution in [0.5, 0.6) is 0 Å². The Bertz CT molecular complexity index is 720. The summed E-state index contributed by atoms with van der Waals surface area (Å²) in [4.78, 5) is 13.0. The van der Waals surface area contributed by atoms with Crippen molar-refractivity contribution in [3.05, 3.63) is 42.2 Å². The molecule has 4 rings (SSSR count). The molecule has 4 heteroatoms. The van der Waals surface area contributed by atoms with E-state index in [9.17, 15) is 0 Å². The number of aromatic nitrogens is 2. The van der Waals surface area contributed by atoms with E-state index in [0.29, 0.717) is 5.41 Å². The Kier molecular flexibility index (Phi) is 4.72. The molecule has 25 heavy (non-hydrogen) atoms. The molecule has 0 bridgehead atoms. The maximum absolute atomic E-state index is 4.70. The molecular formula is C21H27N3S. The highest BCUT2D eigenvalue weighted by molar-refractivity contribution is 7.99. The van der Waals surface area contributed by atoms with Gasteiger partial charge in [-0.3, -0.25) is 0 Å². The molecule has 1 atom stereocenters. The van der Waals surface area contributed by atoms with Gasteiger partial charge in [0.05, 0.1) is 12.4 Å². The molecule has 3 nitrogen and oxygen atoms in total. The molecule has 0 radical (unpaired) electrons. The van der Waals surface area contributed by atoms with E-state index >= 15 is 0 Å². The number of benzene rings is 1. The van der Waals surface area contributed by atoms with Gasteiger partial charge in [-0.05, 0) is 49.7 Å². The zero-order chi connectivity index (χ0) is 17.3. The van der Waals surface area contributed by atoms with E-state index in [1.54, 1.807) is 11.8 Å². The second kappa shape index (κ2) is 6.99. The average Bonchev–Trinajstić information content (AvgIpc) is 2.97. The van der Waals surface area contributed by atoms with Crippen molar-refractivity contribution in [2.24, 2.45) is 11.3 Å². The molecule has 1 aliphatic heterocycles. The van der Waals surface area contributed by atoms with Crippen LogP contribution in [0, 0.1) is 18.3 Å². The van der Waals surface area contributed by atoms with Crippen molar-refractivity contribution < 1.29 is 0 Å². The number of piperidine rings is 1. The van der Waals surface area contributed by atoms with E-state index in [2.05, 4.69) is 48.0 Å². The minimum atomic E-state index is 0.616. The van der Waals surface area contributed by atoms with Gasteiger partial charge in [0.25, 0.3) is 0 Å². The zero-order valence-corrected chi connectivity index (χ0v) is 16.1. The van der Waals surface area contributed by atoms with E-state index in [1.165, 1.54) is 42.6 Å². The second-order valence-electron chi connectivity index (χ2n) is 7.77. The minimum absolute atomic E-state index is 0.616. The molecule has 2 heterocycles. The maximum Gasteiger partial charge on any atom is 0.147 e. The smallest absolute Gasteiger partial charge is 0.147 e. The molecule has 2 aliphatic rings. The van der Waals surface area contributed by atoms with Crippen LogP contribution in [-0.4, -0.2) is 23.1 Å². The average molecular weight is 354 g/mol. The molecule has 1 spiro atoms. The first kappa shape index (κ1) is 16.9. The Morgan fingerprint density at radius 1 is 1.12 bits per heavy atom. The van der Waals surface area contributed by atoms with E-state index in [1.807, 2.05) is 12.4 Å². The number of anilines is 1. The minimum Gasteiger partial charge on any atom is -0.355 e. The monoisotopic (exact) mass is 353 g/mol. The van der Waals surface area contributed by atoms with Gasteiger partial charge in [-0.15, -0.1) is 0 Å². The van der Waals surface area contributed by atoms with Gasteiger partial charge < -0.3 is 4.90 Å². The maximum atomic E-state index is 4.70. The van der Waals surface area contributed by atoms with Gasteiger partial charge in [0.15, 0.2) is 0 Å². The Morgan fingerprint density at radius 2 is 1.96 bits per heavy atom. The van der Waals surface area contributed by atoms with Gasteiger partial charge in [-0.25, -0.2) is 9.97 Å². The Morgan fingerprint density at radius 3 is 2.60 bits per heavy atom. The standard InChI is InChI=1S/C21H27N3S/c1-16-5-3-7-18(13-16)25-20-15-22-19(14-23-20)24-11-9-21(10-12-24)8-4-6-17(21)2/h3,5,7,13-15,17H,4,6,8-12H2,1-2H3/t17-/m0/s1. The second-order valence-corrected chi connectivity index (χ2v) is 8.87. The van der Waals surface area contributed by atoms with Gasteiger partial charge in [0, 0.05) is 18.0 Å². The number of hydrogen-bond acceptors (Lipinski definition) is 4. The molecule has 1 aromatic carbocycles. The van der Waals surface area contributed by atoms with Gasteiger partial charge >= 0.3 is 0 Å². The SMILES string of the molecule is Cc1cccc(Sc2cnc(N3CCC4(CCC[C@@H]4C)CC3)cn2)c1. The fraction of sp³-hybridized carbons (Fsp3) is 0.524. The fourth-order valence-corrected chi connectivity index (χ4v) is 5.41. The van der Waals surface area contributed by atoms with Crippen LogP contribution >= 0.6 is 11.8 Å². The summed E-state index contributed by atoms with van der Waals surface area (Å²) in [5.74, 6) is 1.93. The van der Waals surface area contributed by atoms with E-state index < -0.39 is 0 Å². The van der Waals surface area contributed by atoms with Crippen LogP contribution in [0.2, 0.25) is 0 Å². The summed E-state index contributed by atoms with van der Waals surface area (Å²) in [5.41, 5.74) is 1.89. The van der Waals surface area contributed by atoms with Gasteiger partial charge in [0.2, 0.25) is 0 Å². The van der Waals surface area contributed by atoms with E-state index in [4.69, 9.17) is 4.98 Å². The highest BCUT2D eigenvalue weighted by atomic mass is 32.2. The third kappa shape index (κ3) is 3.55. The number of aryl methyl sites for hydroxylation is 1. The first-order valence-corrected chi connectivity index (χ1v) is 10.3. The van der Waals surface area contributed by atoms with Crippen LogP contribution in [0.1, 0.15) is 44.6 Å². The van der Waals surface area contributed by atoms with Crippen molar-refractivity contribution in [3.8, 4) is 0 Å². The lowest BCUT2D eigenvalue weighted by Gasteiger charge is -2.42. The third-order valence-electron chi connectivity index (χ3n) is 6.27. The summed E-state index contributed by atoms with van der Waals surface area (Å²) in [6.07, 6.45) is 10.8. The Balaban J connectivity index is 1.39. The lowest BCUT2D eigenvalue weighted by Crippen LogP contribution is -2.41.